The summed E-state index contributed by atoms with van der Waals surface area (Å²) in [7, 11) is 0. The third-order valence-electron chi connectivity index (χ3n) is 2.48. The number of nitriles is 1. The minimum absolute atomic E-state index is 0.540. The summed E-state index contributed by atoms with van der Waals surface area (Å²) >= 11 is 7.53. The Morgan fingerprint density at radius 3 is 2.67 bits per heavy atom. The molecule has 2 aromatic rings. The van der Waals surface area contributed by atoms with Crippen molar-refractivity contribution in [2.24, 2.45) is 0 Å². The second kappa shape index (κ2) is 5.81. The highest BCUT2D eigenvalue weighted by Crippen LogP contribution is 2.29. The van der Waals surface area contributed by atoms with Crippen molar-refractivity contribution in [1.29, 1.82) is 5.26 Å². The molecule has 0 atom stereocenters. The van der Waals surface area contributed by atoms with Gasteiger partial charge in [0.15, 0.2) is 0 Å². The fourth-order valence-corrected chi connectivity index (χ4v) is 2.34. The van der Waals surface area contributed by atoms with Crippen molar-refractivity contribution in [3.8, 4) is 6.07 Å². The summed E-state index contributed by atoms with van der Waals surface area (Å²) in [4.78, 5) is 1.14. The van der Waals surface area contributed by atoms with Crippen molar-refractivity contribution < 1.29 is 0 Å². The maximum Gasteiger partial charge on any atom is 0.101 e. The van der Waals surface area contributed by atoms with E-state index < -0.39 is 0 Å². The molecule has 2 aromatic carbocycles. The van der Waals surface area contributed by atoms with E-state index in [1.807, 2.05) is 36.6 Å². The number of hydrogen-bond donors (Lipinski definition) is 1. The van der Waals surface area contributed by atoms with Gasteiger partial charge < -0.3 is 5.32 Å². The molecule has 0 bridgehead atoms. The van der Waals surface area contributed by atoms with Gasteiger partial charge in [0.25, 0.3) is 0 Å². The van der Waals surface area contributed by atoms with Crippen LogP contribution in [0.4, 0.5) is 11.4 Å². The molecule has 4 heteroatoms. The first-order chi connectivity index (χ1) is 8.74. The summed E-state index contributed by atoms with van der Waals surface area (Å²) in [5.74, 6) is 0. The van der Waals surface area contributed by atoms with E-state index >= 15 is 0 Å². The molecule has 0 aromatic heterocycles. The lowest BCUT2D eigenvalue weighted by molar-refractivity contribution is 1.40. The van der Waals surface area contributed by atoms with E-state index in [9.17, 15) is 0 Å². The predicted molar refractivity (Wildman–Crippen MR) is 77.7 cm³/mol. The van der Waals surface area contributed by atoms with Crippen LogP contribution in [0.15, 0.2) is 47.4 Å². The number of rotatable bonds is 3. The number of halogens is 1. The summed E-state index contributed by atoms with van der Waals surface area (Å²) in [5, 5.41) is 12.9. The average Bonchev–Trinajstić information content (AvgIpc) is 2.41. The molecular weight excluding hydrogens is 264 g/mol. The van der Waals surface area contributed by atoms with Crippen LogP contribution in [0.1, 0.15) is 5.56 Å². The standard InChI is InChI=1S/C14H11ClN2S/c1-18-14-5-3-2-4-13(14)17-12-7-6-11(15)8-10(12)9-16/h2-8,17H,1H3. The van der Waals surface area contributed by atoms with Crippen LogP contribution >= 0.6 is 23.4 Å². The van der Waals surface area contributed by atoms with Crippen LogP contribution in [-0.4, -0.2) is 6.26 Å². The first-order valence-corrected chi connectivity index (χ1v) is 6.94. The van der Waals surface area contributed by atoms with Gasteiger partial charge in [0.2, 0.25) is 0 Å². The van der Waals surface area contributed by atoms with E-state index in [-0.39, 0.29) is 0 Å². The molecule has 1 N–H and O–H groups in total. The van der Waals surface area contributed by atoms with Crippen molar-refractivity contribution in [3.05, 3.63) is 53.1 Å². The minimum Gasteiger partial charge on any atom is -0.354 e. The Kier molecular flexibility index (Phi) is 4.14. The lowest BCUT2D eigenvalue weighted by Crippen LogP contribution is -1.95. The van der Waals surface area contributed by atoms with Gasteiger partial charge >= 0.3 is 0 Å². The smallest absolute Gasteiger partial charge is 0.101 e. The van der Waals surface area contributed by atoms with Gasteiger partial charge in [-0.1, -0.05) is 23.7 Å². The van der Waals surface area contributed by atoms with Crippen molar-refractivity contribution >= 4 is 34.7 Å². The molecule has 0 aliphatic rings. The Balaban J connectivity index is 2.37. The van der Waals surface area contributed by atoms with E-state index in [4.69, 9.17) is 16.9 Å². The molecule has 0 aliphatic heterocycles. The number of thioether (sulfide) groups is 1. The van der Waals surface area contributed by atoms with Crippen molar-refractivity contribution in [2.45, 2.75) is 4.90 Å². The molecule has 0 radical (unpaired) electrons. The van der Waals surface area contributed by atoms with Gasteiger partial charge in [0.1, 0.15) is 6.07 Å². The van der Waals surface area contributed by atoms with Crippen molar-refractivity contribution in [3.63, 3.8) is 0 Å². The van der Waals surface area contributed by atoms with Crippen LogP contribution in [0.3, 0.4) is 0 Å². The van der Waals surface area contributed by atoms with Gasteiger partial charge in [0.05, 0.1) is 16.9 Å². The molecule has 18 heavy (non-hydrogen) atoms. The van der Waals surface area contributed by atoms with Crippen molar-refractivity contribution in [2.75, 3.05) is 11.6 Å². The number of nitrogens with one attached hydrogen (secondary N) is 1. The van der Waals surface area contributed by atoms with Crippen LogP contribution in [0.5, 0.6) is 0 Å². The molecule has 0 amide bonds. The van der Waals surface area contributed by atoms with Gasteiger partial charge in [-0.25, -0.2) is 0 Å². The normalized spacial score (nSPS) is 9.83. The Labute approximate surface area is 116 Å². The highest BCUT2D eigenvalue weighted by molar-refractivity contribution is 7.98. The molecule has 0 spiro atoms. The first-order valence-electron chi connectivity index (χ1n) is 5.34. The van der Waals surface area contributed by atoms with E-state index in [2.05, 4.69) is 11.4 Å². The zero-order chi connectivity index (χ0) is 13.0. The molecule has 2 nitrogen and oxygen atoms in total. The monoisotopic (exact) mass is 274 g/mol. The summed E-state index contributed by atoms with van der Waals surface area (Å²) < 4.78 is 0. The van der Waals surface area contributed by atoms with Crippen LogP contribution in [0.2, 0.25) is 5.02 Å². The zero-order valence-electron chi connectivity index (χ0n) is 9.77. The number of hydrogen-bond acceptors (Lipinski definition) is 3. The van der Waals surface area contributed by atoms with Crippen LogP contribution in [-0.2, 0) is 0 Å². The summed E-state index contributed by atoms with van der Waals surface area (Å²) in [6.07, 6.45) is 2.02. The summed E-state index contributed by atoms with van der Waals surface area (Å²) in [6.45, 7) is 0. The fourth-order valence-electron chi connectivity index (χ4n) is 1.61. The highest BCUT2D eigenvalue weighted by Gasteiger charge is 2.05. The Morgan fingerprint density at radius 1 is 1.17 bits per heavy atom. The van der Waals surface area contributed by atoms with Gasteiger partial charge in [-0.05, 0) is 36.6 Å². The largest absolute Gasteiger partial charge is 0.354 e. The molecular formula is C14H11ClN2S. The number of anilines is 2. The molecule has 0 saturated heterocycles. The number of para-hydroxylation sites is 1. The topological polar surface area (TPSA) is 35.8 Å². The van der Waals surface area contributed by atoms with Gasteiger partial charge in [-0.3, -0.25) is 0 Å². The molecule has 90 valence electrons. The van der Waals surface area contributed by atoms with E-state index in [0.29, 0.717) is 10.6 Å². The second-order valence-corrected chi connectivity index (χ2v) is 4.91. The quantitative estimate of drug-likeness (QED) is 0.826. The first kappa shape index (κ1) is 12.8. The third kappa shape index (κ3) is 2.79. The molecule has 0 fully saturated rings. The Hall–Kier alpha value is -1.63. The maximum atomic E-state index is 9.09. The van der Waals surface area contributed by atoms with Crippen LogP contribution < -0.4 is 5.32 Å². The average molecular weight is 275 g/mol. The maximum absolute atomic E-state index is 9.09. The fraction of sp³-hybridized carbons (Fsp3) is 0.0714. The number of nitrogens with zero attached hydrogens (tertiary/aromatic N) is 1. The van der Waals surface area contributed by atoms with Crippen molar-refractivity contribution in [1.82, 2.24) is 0 Å². The van der Waals surface area contributed by atoms with Crippen LogP contribution in [0.25, 0.3) is 0 Å². The summed E-state index contributed by atoms with van der Waals surface area (Å²) in [5.41, 5.74) is 2.30. The van der Waals surface area contributed by atoms with E-state index in [0.717, 1.165) is 16.3 Å². The predicted octanol–water partition coefficient (Wildman–Crippen LogP) is 4.68. The SMILES string of the molecule is CSc1ccccc1Nc1ccc(Cl)cc1C#N. The Morgan fingerprint density at radius 2 is 1.94 bits per heavy atom. The Bertz CT molecular complexity index is 605. The second-order valence-electron chi connectivity index (χ2n) is 3.63. The van der Waals surface area contributed by atoms with E-state index in [1.54, 1.807) is 23.9 Å². The van der Waals surface area contributed by atoms with Gasteiger partial charge in [0, 0.05) is 9.92 Å². The molecule has 0 heterocycles. The molecule has 0 saturated carbocycles. The highest BCUT2D eigenvalue weighted by atomic mass is 35.5. The lowest BCUT2D eigenvalue weighted by Gasteiger charge is -2.11. The van der Waals surface area contributed by atoms with Gasteiger partial charge in [-0.15, -0.1) is 11.8 Å². The summed E-state index contributed by atoms with van der Waals surface area (Å²) in [6, 6.07) is 15.4. The molecule has 0 aliphatic carbocycles. The lowest BCUT2D eigenvalue weighted by atomic mass is 10.2. The van der Waals surface area contributed by atoms with Crippen LogP contribution in [0, 0.1) is 11.3 Å². The third-order valence-corrected chi connectivity index (χ3v) is 3.51. The molecule has 0 unspecified atom stereocenters. The van der Waals surface area contributed by atoms with E-state index in [1.165, 1.54) is 0 Å². The molecule has 2 rings (SSSR count). The minimum atomic E-state index is 0.540. The van der Waals surface area contributed by atoms with Gasteiger partial charge in [-0.2, -0.15) is 5.26 Å². The zero-order valence-corrected chi connectivity index (χ0v) is 11.3. The number of benzene rings is 2.